The monoisotopic (exact) mass is 219 g/mol. The van der Waals surface area contributed by atoms with Gasteiger partial charge in [0.25, 0.3) is 0 Å². The Hall–Kier alpha value is -0.0900. The van der Waals surface area contributed by atoms with Crippen molar-refractivity contribution in [3.8, 4) is 0 Å². The number of rotatable bonds is 6. The smallest absolute Gasteiger partial charge is 0.156 e. The molecule has 1 aliphatic rings. The summed E-state index contributed by atoms with van der Waals surface area (Å²) < 4.78 is 23.7. The maximum absolute atomic E-state index is 11.9. The molecule has 2 atom stereocenters. The van der Waals surface area contributed by atoms with Crippen molar-refractivity contribution >= 4 is 9.84 Å². The first kappa shape index (κ1) is 12.0. The molecule has 0 heterocycles. The Morgan fingerprint density at radius 1 is 1.29 bits per heavy atom. The molecule has 0 spiro atoms. The largest absolute Gasteiger partial charge is 0.313 e. The lowest BCUT2D eigenvalue weighted by atomic mass is 10.4. The van der Waals surface area contributed by atoms with Crippen LogP contribution in [0.25, 0.3) is 0 Å². The molecule has 0 aromatic heterocycles. The zero-order chi connectivity index (χ0) is 10.8. The molecule has 2 unspecified atom stereocenters. The van der Waals surface area contributed by atoms with Gasteiger partial charge in [0.05, 0.1) is 10.5 Å². The summed E-state index contributed by atoms with van der Waals surface area (Å²) >= 11 is 0. The zero-order valence-corrected chi connectivity index (χ0v) is 10.1. The maximum atomic E-state index is 11.9. The van der Waals surface area contributed by atoms with E-state index in [1.54, 1.807) is 13.8 Å². The molecule has 0 aliphatic heterocycles. The highest BCUT2D eigenvalue weighted by Gasteiger charge is 2.28. The van der Waals surface area contributed by atoms with Gasteiger partial charge in [0, 0.05) is 12.6 Å². The van der Waals surface area contributed by atoms with E-state index in [1.165, 1.54) is 12.8 Å². The van der Waals surface area contributed by atoms with Crippen molar-refractivity contribution in [1.29, 1.82) is 0 Å². The molecule has 1 rings (SSSR count). The lowest BCUT2D eigenvalue weighted by Crippen LogP contribution is -2.36. The predicted octanol–water partition coefficient (Wildman–Crippen LogP) is 1.34. The summed E-state index contributed by atoms with van der Waals surface area (Å²) in [5, 5.41) is 2.80. The van der Waals surface area contributed by atoms with Crippen molar-refractivity contribution in [2.24, 2.45) is 0 Å². The van der Waals surface area contributed by atoms with Gasteiger partial charge in [-0.3, -0.25) is 0 Å². The second kappa shape index (κ2) is 4.62. The summed E-state index contributed by atoms with van der Waals surface area (Å²) in [5.74, 6) is 0. The van der Waals surface area contributed by atoms with Crippen LogP contribution in [-0.4, -0.2) is 31.5 Å². The highest BCUT2D eigenvalue weighted by atomic mass is 32.2. The Morgan fingerprint density at radius 3 is 2.29 bits per heavy atom. The molecule has 1 aliphatic carbocycles. The summed E-state index contributed by atoms with van der Waals surface area (Å²) in [6, 6.07) is 0.588. The fraction of sp³-hybridized carbons (Fsp3) is 1.00. The number of hydrogen-bond acceptors (Lipinski definition) is 3. The van der Waals surface area contributed by atoms with Crippen LogP contribution in [0.1, 0.15) is 40.0 Å². The van der Waals surface area contributed by atoms with Gasteiger partial charge < -0.3 is 5.32 Å². The maximum Gasteiger partial charge on any atom is 0.156 e. The lowest BCUT2D eigenvalue weighted by Gasteiger charge is -2.17. The van der Waals surface area contributed by atoms with Gasteiger partial charge in [-0.1, -0.05) is 6.92 Å². The van der Waals surface area contributed by atoms with Crippen molar-refractivity contribution in [1.82, 2.24) is 5.32 Å². The summed E-state index contributed by atoms with van der Waals surface area (Å²) in [6.45, 7) is 6.13. The van der Waals surface area contributed by atoms with Gasteiger partial charge in [0.15, 0.2) is 9.84 Å². The van der Waals surface area contributed by atoms with E-state index >= 15 is 0 Å². The Bertz CT molecular complexity index is 270. The van der Waals surface area contributed by atoms with E-state index < -0.39 is 9.84 Å². The summed E-state index contributed by atoms with van der Waals surface area (Å²) in [4.78, 5) is 0. The van der Waals surface area contributed by atoms with Gasteiger partial charge in [0.1, 0.15) is 0 Å². The van der Waals surface area contributed by atoms with Gasteiger partial charge in [-0.2, -0.15) is 0 Å². The molecule has 0 radical (unpaired) electrons. The molecule has 14 heavy (non-hydrogen) atoms. The van der Waals surface area contributed by atoms with E-state index in [0.29, 0.717) is 19.0 Å². The molecule has 84 valence electrons. The minimum absolute atomic E-state index is 0.210. The highest BCUT2D eigenvalue weighted by Crippen LogP contribution is 2.19. The molecule has 3 nitrogen and oxygen atoms in total. The summed E-state index contributed by atoms with van der Waals surface area (Å²) in [7, 11) is -2.92. The molecule has 0 aromatic carbocycles. The molecule has 4 heteroatoms. The Morgan fingerprint density at radius 2 is 1.86 bits per heavy atom. The number of sulfone groups is 1. The van der Waals surface area contributed by atoms with Crippen LogP contribution < -0.4 is 5.32 Å². The van der Waals surface area contributed by atoms with Crippen LogP contribution in [-0.2, 0) is 9.84 Å². The Labute approximate surface area is 87.2 Å². The standard InChI is InChI=1S/C10H21NO2S/c1-4-8(2)14(12,13)9(3)7-11-10-5-6-10/h8-11H,4-7H2,1-3H3. The normalized spacial score (nSPS) is 21.9. The van der Waals surface area contributed by atoms with E-state index in [4.69, 9.17) is 0 Å². The third-order valence-electron chi connectivity index (χ3n) is 2.97. The molecule has 0 aromatic rings. The minimum Gasteiger partial charge on any atom is -0.313 e. The average molecular weight is 219 g/mol. The van der Waals surface area contributed by atoms with Gasteiger partial charge in [-0.15, -0.1) is 0 Å². The van der Waals surface area contributed by atoms with Gasteiger partial charge in [-0.05, 0) is 33.1 Å². The van der Waals surface area contributed by atoms with Gasteiger partial charge in [0.2, 0.25) is 0 Å². The molecule has 1 N–H and O–H groups in total. The van der Waals surface area contributed by atoms with E-state index in [9.17, 15) is 8.42 Å². The fourth-order valence-corrected chi connectivity index (χ4v) is 2.95. The third kappa shape index (κ3) is 2.95. The molecule has 0 saturated heterocycles. The van der Waals surface area contributed by atoms with E-state index in [1.807, 2.05) is 6.92 Å². The van der Waals surface area contributed by atoms with Crippen molar-refractivity contribution in [2.75, 3.05) is 6.54 Å². The van der Waals surface area contributed by atoms with Crippen LogP contribution in [0.3, 0.4) is 0 Å². The number of nitrogens with one attached hydrogen (secondary N) is 1. The topological polar surface area (TPSA) is 46.2 Å². The van der Waals surface area contributed by atoms with Crippen LogP contribution in [0, 0.1) is 0 Å². The first-order chi connectivity index (χ1) is 6.48. The van der Waals surface area contributed by atoms with Crippen LogP contribution in [0.5, 0.6) is 0 Å². The van der Waals surface area contributed by atoms with Gasteiger partial charge >= 0.3 is 0 Å². The van der Waals surface area contributed by atoms with Crippen molar-refractivity contribution in [2.45, 2.75) is 56.6 Å². The fourth-order valence-electron chi connectivity index (χ4n) is 1.37. The Kier molecular flexibility index (Phi) is 3.95. The quantitative estimate of drug-likeness (QED) is 0.733. The van der Waals surface area contributed by atoms with E-state index in [0.717, 1.165) is 0 Å². The first-order valence-electron chi connectivity index (χ1n) is 5.44. The van der Waals surface area contributed by atoms with Crippen LogP contribution in [0.2, 0.25) is 0 Å². The van der Waals surface area contributed by atoms with E-state index in [2.05, 4.69) is 5.32 Å². The van der Waals surface area contributed by atoms with Gasteiger partial charge in [-0.25, -0.2) is 8.42 Å². The minimum atomic E-state index is -2.92. The van der Waals surface area contributed by atoms with Crippen LogP contribution >= 0.6 is 0 Å². The second-order valence-corrected chi connectivity index (χ2v) is 7.09. The van der Waals surface area contributed by atoms with Crippen molar-refractivity contribution in [3.05, 3.63) is 0 Å². The molecular weight excluding hydrogens is 198 g/mol. The molecule has 0 amide bonds. The van der Waals surface area contributed by atoms with E-state index in [-0.39, 0.29) is 10.5 Å². The zero-order valence-electron chi connectivity index (χ0n) is 9.29. The lowest BCUT2D eigenvalue weighted by molar-refractivity contribution is 0.557. The highest BCUT2D eigenvalue weighted by molar-refractivity contribution is 7.92. The SMILES string of the molecule is CCC(C)S(=O)(=O)C(C)CNC1CC1. The average Bonchev–Trinajstić information content (AvgIpc) is 2.95. The molecule has 0 bridgehead atoms. The third-order valence-corrected chi connectivity index (χ3v) is 5.71. The predicted molar refractivity (Wildman–Crippen MR) is 59.2 cm³/mol. The number of hydrogen-bond donors (Lipinski definition) is 1. The summed E-state index contributed by atoms with van der Waals surface area (Å²) in [5.41, 5.74) is 0. The molecule has 1 fully saturated rings. The van der Waals surface area contributed by atoms with Crippen LogP contribution in [0.4, 0.5) is 0 Å². The Balaban J connectivity index is 2.43. The molecular formula is C10H21NO2S. The van der Waals surface area contributed by atoms with Crippen LogP contribution in [0.15, 0.2) is 0 Å². The van der Waals surface area contributed by atoms with Crippen molar-refractivity contribution < 1.29 is 8.42 Å². The summed E-state index contributed by atoms with van der Waals surface area (Å²) in [6.07, 6.45) is 3.11. The second-order valence-electron chi connectivity index (χ2n) is 4.30. The first-order valence-corrected chi connectivity index (χ1v) is 7.05. The van der Waals surface area contributed by atoms with Crippen molar-refractivity contribution in [3.63, 3.8) is 0 Å². The molecule has 1 saturated carbocycles.